The Balaban J connectivity index is 4.62. The smallest absolute Gasteiger partial charge is 0.232 e. The van der Waals surface area contributed by atoms with Crippen LogP contribution in [0.1, 0.15) is 0 Å². The number of carbonyl (C=O) groups is 2. The Kier molecular flexibility index (Phi) is 3.63. The van der Waals surface area contributed by atoms with Crippen LogP contribution in [0.4, 0.5) is 0 Å². The fraction of sp³-hybridized carbons (Fsp3) is 0. The summed E-state index contributed by atoms with van der Waals surface area (Å²) in [6.45, 7) is 13.3. The lowest BCUT2D eigenvalue weighted by Gasteiger charge is -1.97. The summed E-state index contributed by atoms with van der Waals surface area (Å²) in [4.78, 5) is 22.1. The second-order valence-corrected chi connectivity index (χ2v) is 2.12. The molecule has 0 saturated heterocycles. The van der Waals surface area contributed by atoms with Crippen LogP contribution in [-0.2, 0) is 9.59 Å². The molecule has 0 radical (unpaired) electrons. The van der Waals surface area contributed by atoms with Crippen LogP contribution in [0, 0.1) is 0 Å². The van der Waals surface area contributed by atoms with Gasteiger partial charge in [-0.3, -0.25) is 9.59 Å². The van der Waals surface area contributed by atoms with Crippen molar-refractivity contribution in [3.63, 3.8) is 0 Å². The molecule has 0 fully saturated rings. The number of hydrogen-bond acceptors (Lipinski definition) is 2. The SMILES string of the molecule is C=CC(=C)C(=O)C(=O)C(=C)C=C. The molecule has 12 heavy (non-hydrogen) atoms. The number of ketones is 2. The van der Waals surface area contributed by atoms with Gasteiger partial charge in [-0.1, -0.05) is 38.5 Å². The van der Waals surface area contributed by atoms with Crippen molar-refractivity contribution >= 4 is 11.6 Å². The van der Waals surface area contributed by atoms with Crippen LogP contribution in [0.15, 0.2) is 49.6 Å². The molecule has 0 unspecified atom stereocenters. The van der Waals surface area contributed by atoms with Crippen LogP contribution in [0.25, 0.3) is 0 Å². The van der Waals surface area contributed by atoms with Gasteiger partial charge in [0, 0.05) is 11.1 Å². The molecule has 62 valence electrons. The normalized spacial score (nSPS) is 8.33. The average molecular weight is 162 g/mol. The van der Waals surface area contributed by atoms with Crippen LogP contribution in [0.2, 0.25) is 0 Å². The van der Waals surface area contributed by atoms with Crippen molar-refractivity contribution in [3.05, 3.63) is 49.6 Å². The molecule has 0 N–H and O–H groups in total. The summed E-state index contributed by atoms with van der Waals surface area (Å²) in [6.07, 6.45) is 2.47. The molecule has 0 aliphatic heterocycles. The first-order chi connectivity index (χ1) is 5.54. The largest absolute Gasteiger partial charge is 0.285 e. The molecule has 0 saturated carbocycles. The first-order valence-electron chi connectivity index (χ1n) is 3.26. The molecule has 0 aliphatic carbocycles. The van der Waals surface area contributed by atoms with Gasteiger partial charge in [-0.15, -0.1) is 0 Å². The number of carbonyl (C=O) groups excluding carboxylic acids is 2. The summed E-state index contributed by atoms with van der Waals surface area (Å²) in [6, 6.07) is 0. The fourth-order valence-electron chi connectivity index (χ4n) is 0.477. The summed E-state index contributed by atoms with van der Waals surface area (Å²) >= 11 is 0. The minimum atomic E-state index is -0.685. The van der Waals surface area contributed by atoms with Gasteiger partial charge in [0.05, 0.1) is 0 Å². The van der Waals surface area contributed by atoms with Gasteiger partial charge in [-0.2, -0.15) is 0 Å². The first kappa shape index (κ1) is 10.3. The molecule has 0 aromatic rings. The molecule has 0 aromatic heterocycles. The standard InChI is InChI=1S/C10H10O2/c1-5-7(3)9(11)10(12)8(4)6-2/h5-6H,1-4H2. The maximum Gasteiger partial charge on any atom is 0.232 e. The Labute approximate surface area is 71.6 Å². The molecule has 0 atom stereocenters. The number of allylic oxidation sites excluding steroid dienone is 4. The van der Waals surface area contributed by atoms with Crippen LogP contribution < -0.4 is 0 Å². The highest BCUT2D eigenvalue weighted by atomic mass is 16.2. The van der Waals surface area contributed by atoms with E-state index in [1.165, 1.54) is 12.2 Å². The van der Waals surface area contributed by atoms with Gasteiger partial charge in [-0.05, 0) is 0 Å². The Morgan fingerprint density at radius 1 is 0.833 bits per heavy atom. The van der Waals surface area contributed by atoms with Crippen LogP contribution in [0.5, 0.6) is 0 Å². The second-order valence-electron chi connectivity index (χ2n) is 2.12. The van der Waals surface area contributed by atoms with Gasteiger partial charge < -0.3 is 0 Å². The van der Waals surface area contributed by atoms with Crippen molar-refractivity contribution in [3.8, 4) is 0 Å². The summed E-state index contributed by atoms with van der Waals surface area (Å²) in [5.41, 5.74) is 0.144. The number of hydrogen-bond donors (Lipinski definition) is 0. The highest BCUT2D eigenvalue weighted by molar-refractivity contribution is 6.49. The van der Waals surface area contributed by atoms with Gasteiger partial charge in [0.15, 0.2) is 0 Å². The fourth-order valence-corrected chi connectivity index (χ4v) is 0.477. The Hall–Kier alpha value is -1.70. The molecule has 0 aliphatic rings. The Morgan fingerprint density at radius 3 is 1.25 bits per heavy atom. The van der Waals surface area contributed by atoms with E-state index in [-0.39, 0.29) is 11.1 Å². The summed E-state index contributed by atoms with van der Waals surface area (Å²) in [7, 11) is 0. The van der Waals surface area contributed by atoms with Gasteiger partial charge in [0.25, 0.3) is 0 Å². The van der Waals surface area contributed by atoms with Gasteiger partial charge in [0.1, 0.15) is 0 Å². The van der Waals surface area contributed by atoms with Crippen molar-refractivity contribution in [2.75, 3.05) is 0 Å². The van der Waals surface area contributed by atoms with E-state index < -0.39 is 11.6 Å². The van der Waals surface area contributed by atoms with E-state index in [0.717, 1.165) is 0 Å². The number of rotatable bonds is 5. The summed E-state index contributed by atoms with van der Waals surface area (Å²) in [5, 5.41) is 0. The Morgan fingerprint density at radius 2 is 1.08 bits per heavy atom. The predicted octanol–water partition coefficient (Wildman–Crippen LogP) is 1.61. The third kappa shape index (κ3) is 2.16. The predicted molar refractivity (Wildman–Crippen MR) is 48.7 cm³/mol. The summed E-state index contributed by atoms with van der Waals surface area (Å²) < 4.78 is 0. The van der Waals surface area contributed by atoms with Crippen molar-refractivity contribution < 1.29 is 9.59 Å². The van der Waals surface area contributed by atoms with E-state index in [0.29, 0.717) is 0 Å². The van der Waals surface area contributed by atoms with Crippen LogP contribution in [-0.4, -0.2) is 11.6 Å². The third-order valence-electron chi connectivity index (χ3n) is 1.28. The molecule has 2 nitrogen and oxygen atoms in total. The third-order valence-corrected chi connectivity index (χ3v) is 1.28. The van der Waals surface area contributed by atoms with Crippen LogP contribution >= 0.6 is 0 Å². The van der Waals surface area contributed by atoms with Gasteiger partial charge in [0.2, 0.25) is 11.6 Å². The van der Waals surface area contributed by atoms with E-state index in [1.807, 2.05) is 0 Å². The summed E-state index contributed by atoms with van der Waals surface area (Å²) in [5.74, 6) is -1.37. The van der Waals surface area contributed by atoms with E-state index >= 15 is 0 Å². The van der Waals surface area contributed by atoms with Gasteiger partial charge in [-0.25, -0.2) is 0 Å². The number of Topliss-reactive ketones (excluding diaryl/α,β-unsaturated/α-hetero) is 2. The lowest BCUT2D eigenvalue weighted by Crippen LogP contribution is -2.15. The molecule has 0 heterocycles. The van der Waals surface area contributed by atoms with E-state index in [4.69, 9.17) is 0 Å². The molecule has 0 amide bonds. The zero-order valence-corrected chi connectivity index (χ0v) is 6.80. The van der Waals surface area contributed by atoms with Crippen LogP contribution in [0.3, 0.4) is 0 Å². The maximum absolute atomic E-state index is 11.0. The topological polar surface area (TPSA) is 34.1 Å². The zero-order chi connectivity index (χ0) is 9.72. The average Bonchev–Trinajstić information content (AvgIpc) is 2.12. The quantitative estimate of drug-likeness (QED) is 0.349. The zero-order valence-electron chi connectivity index (χ0n) is 6.80. The monoisotopic (exact) mass is 162 g/mol. The Bertz CT molecular complexity index is 252. The molecular weight excluding hydrogens is 152 g/mol. The minimum Gasteiger partial charge on any atom is -0.285 e. The lowest BCUT2D eigenvalue weighted by molar-refractivity contribution is -0.131. The minimum absolute atomic E-state index is 0.0722. The molecule has 0 spiro atoms. The van der Waals surface area contributed by atoms with Gasteiger partial charge >= 0.3 is 0 Å². The van der Waals surface area contributed by atoms with E-state index in [2.05, 4.69) is 26.3 Å². The molecule has 0 bridgehead atoms. The van der Waals surface area contributed by atoms with Crippen molar-refractivity contribution in [2.45, 2.75) is 0 Å². The highest BCUT2D eigenvalue weighted by Gasteiger charge is 2.15. The van der Waals surface area contributed by atoms with Crippen molar-refractivity contribution in [1.29, 1.82) is 0 Å². The molecule has 2 heteroatoms. The van der Waals surface area contributed by atoms with E-state index in [1.54, 1.807) is 0 Å². The van der Waals surface area contributed by atoms with Crippen molar-refractivity contribution in [1.82, 2.24) is 0 Å². The molecule has 0 rings (SSSR count). The molecular formula is C10H10O2. The second kappa shape index (κ2) is 4.23. The van der Waals surface area contributed by atoms with Crippen molar-refractivity contribution in [2.24, 2.45) is 0 Å². The first-order valence-corrected chi connectivity index (χ1v) is 3.26. The van der Waals surface area contributed by atoms with E-state index in [9.17, 15) is 9.59 Å². The molecule has 0 aromatic carbocycles. The maximum atomic E-state index is 11.0. The lowest BCUT2D eigenvalue weighted by atomic mass is 10.0. The highest BCUT2D eigenvalue weighted by Crippen LogP contribution is 2.01.